The van der Waals surface area contributed by atoms with Gasteiger partial charge in [-0.1, -0.05) is 12.1 Å². The van der Waals surface area contributed by atoms with Gasteiger partial charge in [-0.05, 0) is 31.0 Å². The molecule has 0 aromatic heterocycles. The van der Waals surface area contributed by atoms with Gasteiger partial charge in [0.1, 0.15) is 0 Å². The minimum atomic E-state index is -0.00890. The molecular formula is C18H24N2O3. The molecule has 1 saturated heterocycles. The largest absolute Gasteiger partial charge is 0.339 e. The lowest BCUT2D eigenvalue weighted by molar-refractivity contribution is -0.138. The van der Waals surface area contributed by atoms with Gasteiger partial charge in [-0.2, -0.15) is 0 Å². The zero-order chi connectivity index (χ0) is 17.0. The summed E-state index contributed by atoms with van der Waals surface area (Å²) in [6, 6.07) is 5.64. The topological polar surface area (TPSA) is 57.7 Å². The Kier molecular flexibility index (Phi) is 5.53. The van der Waals surface area contributed by atoms with Crippen molar-refractivity contribution in [1.82, 2.24) is 9.80 Å². The number of nitrogens with zero attached hydrogens (tertiary/aromatic N) is 2. The summed E-state index contributed by atoms with van der Waals surface area (Å²) in [5.41, 5.74) is 2.91. The number of rotatable bonds is 4. The van der Waals surface area contributed by atoms with Crippen LogP contribution in [0.15, 0.2) is 18.2 Å². The second-order valence-electron chi connectivity index (χ2n) is 6.11. The fourth-order valence-corrected chi connectivity index (χ4v) is 2.71. The SMILES string of the molecule is CC(=O)N1CCN(C(=O)CCC(=O)c2ccc(C)c(C)c2)CC1. The van der Waals surface area contributed by atoms with Gasteiger partial charge in [-0.15, -0.1) is 0 Å². The Morgan fingerprint density at radius 2 is 1.52 bits per heavy atom. The van der Waals surface area contributed by atoms with E-state index in [0.717, 1.165) is 11.1 Å². The number of aryl methyl sites for hydroxylation is 2. The van der Waals surface area contributed by atoms with Crippen molar-refractivity contribution in [2.45, 2.75) is 33.6 Å². The number of hydrogen-bond acceptors (Lipinski definition) is 3. The van der Waals surface area contributed by atoms with Crippen LogP contribution in [0.3, 0.4) is 0 Å². The van der Waals surface area contributed by atoms with E-state index in [9.17, 15) is 14.4 Å². The van der Waals surface area contributed by atoms with Gasteiger partial charge < -0.3 is 9.80 Å². The minimum absolute atomic E-state index is 0.00354. The number of amides is 2. The summed E-state index contributed by atoms with van der Waals surface area (Å²) in [5.74, 6) is 0.0382. The molecule has 1 aromatic carbocycles. The monoisotopic (exact) mass is 316 g/mol. The molecule has 1 heterocycles. The highest BCUT2D eigenvalue weighted by Gasteiger charge is 2.22. The van der Waals surface area contributed by atoms with Crippen LogP contribution in [0.25, 0.3) is 0 Å². The van der Waals surface area contributed by atoms with Crippen molar-refractivity contribution in [3.63, 3.8) is 0 Å². The molecule has 0 bridgehead atoms. The molecule has 0 radical (unpaired) electrons. The Balaban J connectivity index is 1.83. The normalized spacial score (nSPS) is 14.7. The molecule has 0 N–H and O–H groups in total. The Labute approximate surface area is 137 Å². The number of hydrogen-bond donors (Lipinski definition) is 0. The fraction of sp³-hybridized carbons (Fsp3) is 0.500. The van der Waals surface area contributed by atoms with Gasteiger partial charge in [-0.3, -0.25) is 14.4 Å². The zero-order valence-corrected chi connectivity index (χ0v) is 14.1. The first-order chi connectivity index (χ1) is 10.9. The molecule has 124 valence electrons. The molecule has 5 heteroatoms. The molecule has 5 nitrogen and oxygen atoms in total. The van der Waals surface area contributed by atoms with Crippen LogP contribution in [0.1, 0.15) is 41.3 Å². The molecule has 0 unspecified atom stereocenters. The third-order valence-corrected chi connectivity index (χ3v) is 4.47. The van der Waals surface area contributed by atoms with Crippen molar-refractivity contribution >= 4 is 17.6 Å². The van der Waals surface area contributed by atoms with Gasteiger partial charge in [0.2, 0.25) is 11.8 Å². The van der Waals surface area contributed by atoms with Crippen molar-refractivity contribution in [1.29, 1.82) is 0 Å². The van der Waals surface area contributed by atoms with E-state index in [1.54, 1.807) is 16.7 Å². The molecule has 1 aliphatic rings. The maximum Gasteiger partial charge on any atom is 0.223 e. The maximum atomic E-state index is 12.2. The van der Waals surface area contributed by atoms with Crippen molar-refractivity contribution in [2.24, 2.45) is 0 Å². The van der Waals surface area contributed by atoms with Gasteiger partial charge in [0.15, 0.2) is 5.78 Å². The molecule has 23 heavy (non-hydrogen) atoms. The third kappa shape index (κ3) is 4.41. The summed E-state index contributed by atoms with van der Waals surface area (Å²) in [5, 5.41) is 0. The second-order valence-corrected chi connectivity index (χ2v) is 6.11. The minimum Gasteiger partial charge on any atom is -0.339 e. The molecule has 0 spiro atoms. The average molecular weight is 316 g/mol. The van der Waals surface area contributed by atoms with Gasteiger partial charge in [0.25, 0.3) is 0 Å². The third-order valence-electron chi connectivity index (χ3n) is 4.47. The van der Waals surface area contributed by atoms with Crippen LogP contribution in [-0.2, 0) is 9.59 Å². The summed E-state index contributed by atoms with van der Waals surface area (Å²) >= 11 is 0. The predicted molar refractivity (Wildman–Crippen MR) is 88.3 cm³/mol. The molecule has 0 atom stereocenters. The summed E-state index contributed by atoms with van der Waals surface area (Å²) < 4.78 is 0. The Morgan fingerprint density at radius 3 is 2.09 bits per heavy atom. The molecule has 0 aliphatic carbocycles. The molecule has 1 aromatic rings. The number of benzene rings is 1. The summed E-state index contributed by atoms with van der Waals surface area (Å²) in [7, 11) is 0. The van der Waals surface area contributed by atoms with E-state index in [-0.39, 0.29) is 30.4 Å². The quantitative estimate of drug-likeness (QED) is 0.798. The van der Waals surface area contributed by atoms with E-state index in [4.69, 9.17) is 0 Å². The van der Waals surface area contributed by atoms with Gasteiger partial charge >= 0.3 is 0 Å². The van der Waals surface area contributed by atoms with Crippen LogP contribution in [0, 0.1) is 13.8 Å². The highest BCUT2D eigenvalue weighted by molar-refractivity contribution is 5.98. The Bertz CT molecular complexity index is 617. The molecule has 0 saturated carbocycles. The second kappa shape index (κ2) is 7.40. The first-order valence-corrected chi connectivity index (χ1v) is 8.02. The standard InChI is InChI=1S/C18H24N2O3/c1-13-4-5-16(12-14(13)2)17(22)6-7-18(23)20-10-8-19(9-11-20)15(3)21/h4-5,12H,6-11H2,1-3H3. The first kappa shape index (κ1) is 17.2. The summed E-state index contributed by atoms with van der Waals surface area (Å²) in [6.45, 7) is 7.78. The van der Waals surface area contributed by atoms with E-state index in [2.05, 4.69) is 0 Å². The van der Waals surface area contributed by atoms with E-state index >= 15 is 0 Å². The molecule has 2 rings (SSSR count). The van der Waals surface area contributed by atoms with Crippen LogP contribution in [0.2, 0.25) is 0 Å². The number of ketones is 1. The molecule has 2 amide bonds. The lowest BCUT2D eigenvalue weighted by atomic mass is 10.0. The van der Waals surface area contributed by atoms with Crippen LogP contribution >= 0.6 is 0 Å². The number of carbonyl (C=O) groups is 3. The highest BCUT2D eigenvalue weighted by Crippen LogP contribution is 2.13. The van der Waals surface area contributed by atoms with E-state index in [1.807, 2.05) is 32.0 Å². The number of piperazine rings is 1. The van der Waals surface area contributed by atoms with Crippen molar-refractivity contribution in [3.8, 4) is 0 Å². The molecular weight excluding hydrogens is 292 g/mol. The highest BCUT2D eigenvalue weighted by atomic mass is 16.2. The fourth-order valence-electron chi connectivity index (χ4n) is 2.71. The summed E-state index contributed by atoms with van der Waals surface area (Å²) in [6.07, 6.45) is 0.458. The van der Waals surface area contributed by atoms with Crippen molar-refractivity contribution in [2.75, 3.05) is 26.2 Å². The average Bonchev–Trinajstić information content (AvgIpc) is 2.54. The van der Waals surface area contributed by atoms with Crippen LogP contribution in [0.5, 0.6) is 0 Å². The van der Waals surface area contributed by atoms with Gasteiger partial charge in [0, 0.05) is 51.5 Å². The van der Waals surface area contributed by atoms with Crippen molar-refractivity contribution in [3.05, 3.63) is 34.9 Å². The first-order valence-electron chi connectivity index (χ1n) is 8.02. The van der Waals surface area contributed by atoms with E-state index in [1.165, 1.54) is 0 Å². The van der Waals surface area contributed by atoms with E-state index < -0.39 is 0 Å². The number of carbonyl (C=O) groups excluding carboxylic acids is 3. The molecule has 1 aliphatic heterocycles. The molecule has 1 fully saturated rings. The van der Waals surface area contributed by atoms with Gasteiger partial charge in [-0.25, -0.2) is 0 Å². The van der Waals surface area contributed by atoms with E-state index in [0.29, 0.717) is 31.7 Å². The lowest BCUT2D eigenvalue weighted by Crippen LogP contribution is -2.50. The number of Topliss-reactive ketones (excluding diaryl/α,β-unsaturated/α-hetero) is 1. The Morgan fingerprint density at radius 1 is 0.913 bits per heavy atom. The van der Waals surface area contributed by atoms with Crippen LogP contribution in [-0.4, -0.2) is 53.6 Å². The maximum absolute atomic E-state index is 12.2. The van der Waals surface area contributed by atoms with Crippen LogP contribution in [0.4, 0.5) is 0 Å². The Hall–Kier alpha value is -2.17. The smallest absolute Gasteiger partial charge is 0.223 e. The van der Waals surface area contributed by atoms with Crippen molar-refractivity contribution < 1.29 is 14.4 Å². The summed E-state index contributed by atoms with van der Waals surface area (Å²) in [4.78, 5) is 39.2. The lowest BCUT2D eigenvalue weighted by Gasteiger charge is -2.34. The van der Waals surface area contributed by atoms with Gasteiger partial charge in [0.05, 0.1) is 0 Å². The zero-order valence-electron chi connectivity index (χ0n) is 14.1. The van der Waals surface area contributed by atoms with Crippen LogP contribution < -0.4 is 0 Å². The predicted octanol–water partition coefficient (Wildman–Crippen LogP) is 1.96.